The fraction of sp³-hybridized carbons (Fsp3) is 1.00. The molecule has 0 saturated carbocycles. The van der Waals surface area contributed by atoms with Crippen LogP contribution in [0.1, 0.15) is 6.42 Å². The first kappa shape index (κ1) is 10.5. The van der Waals surface area contributed by atoms with Gasteiger partial charge in [-0.25, -0.2) is 4.21 Å². The summed E-state index contributed by atoms with van der Waals surface area (Å²) in [5.41, 5.74) is 0. The van der Waals surface area contributed by atoms with E-state index in [-0.39, 0.29) is 6.73 Å². The van der Waals surface area contributed by atoms with Crippen LogP contribution in [0.4, 0.5) is 0 Å². The Morgan fingerprint density at radius 2 is 2.40 bits per heavy atom. The zero-order valence-corrected chi connectivity index (χ0v) is 7.74. The smallest absolute Gasteiger partial charge is 0.113 e. The minimum atomic E-state index is -2.40. The molecule has 0 aliphatic carbocycles. The highest BCUT2D eigenvalue weighted by Gasteiger charge is 1.85. The van der Waals surface area contributed by atoms with Gasteiger partial charge in [0.15, 0.2) is 0 Å². The quantitative estimate of drug-likeness (QED) is 0.305. The molecule has 6 heteroatoms. The number of hydrogen-bond donors (Lipinski definition) is 1. The van der Waals surface area contributed by atoms with E-state index in [0.29, 0.717) is 0 Å². The molecule has 1 unspecified atom stereocenters. The summed E-state index contributed by atoms with van der Waals surface area (Å²) in [5, 5.41) is 3.68. The summed E-state index contributed by atoms with van der Waals surface area (Å²) in [7, 11) is 0. The lowest BCUT2D eigenvalue weighted by Gasteiger charge is -2.05. The molecule has 0 aliphatic rings. The number of alkyl halides is 1. The van der Waals surface area contributed by atoms with Gasteiger partial charge in [-0.1, -0.05) is 15.9 Å². The van der Waals surface area contributed by atoms with Crippen molar-refractivity contribution in [1.82, 2.24) is 5.32 Å². The van der Waals surface area contributed by atoms with Crippen LogP contribution >= 0.6 is 15.9 Å². The zero-order chi connectivity index (χ0) is 7.82. The number of halogens is 1. The van der Waals surface area contributed by atoms with E-state index in [2.05, 4.69) is 25.4 Å². The molecule has 10 heavy (non-hydrogen) atoms. The van der Waals surface area contributed by atoms with Gasteiger partial charge in [0.1, 0.15) is 6.73 Å². The molecular formula is C4H9BrNO3S-. The molecule has 1 N–H and O–H groups in total. The summed E-state index contributed by atoms with van der Waals surface area (Å²) in [5.74, 6) is 0. The summed E-state index contributed by atoms with van der Waals surface area (Å²) >= 11 is 0.833. The summed E-state index contributed by atoms with van der Waals surface area (Å²) in [4.78, 5) is 0. The van der Waals surface area contributed by atoms with Gasteiger partial charge in [0.2, 0.25) is 0 Å². The molecule has 4 nitrogen and oxygen atoms in total. The van der Waals surface area contributed by atoms with Crippen molar-refractivity contribution >= 4 is 27.3 Å². The van der Waals surface area contributed by atoms with Gasteiger partial charge in [-0.05, 0) is 13.0 Å². The summed E-state index contributed by atoms with van der Waals surface area (Å²) in [6.07, 6.45) is 0.953. The molecule has 0 amide bonds. The largest absolute Gasteiger partial charge is 0.750 e. The first-order chi connectivity index (χ1) is 4.77. The van der Waals surface area contributed by atoms with Crippen molar-refractivity contribution in [3.8, 4) is 0 Å². The van der Waals surface area contributed by atoms with Crippen molar-refractivity contribution in [3.05, 3.63) is 0 Å². The van der Waals surface area contributed by atoms with E-state index in [1.54, 1.807) is 0 Å². The van der Waals surface area contributed by atoms with Crippen molar-refractivity contribution in [2.24, 2.45) is 0 Å². The second-order valence-electron chi connectivity index (χ2n) is 1.51. The Morgan fingerprint density at radius 3 is 2.90 bits per heavy atom. The first-order valence-corrected chi connectivity index (χ1v) is 4.88. The molecule has 0 aliphatic heterocycles. The van der Waals surface area contributed by atoms with Gasteiger partial charge in [0.05, 0.1) is 11.4 Å². The van der Waals surface area contributed by atoms with E-state index >= 15 is 0 Å². The van der Waals surface area contributed by atoms with Crippen molar-refractivity contribution in [3.63, 3.8) is 0 Å². The van der Waals surface area contributed by atoms with E-state index in [4.69, 9.17) is 0 Å². The molecule has 0 fully saturated rings. The first-order valence-electron chi connectivity index (χ1n) is 2.76. The second kappa shape index (κ2) is 7.62. The third kappa shape index (κ3) is 8.51. The molecule has 0 bridgehead atoms. The predicted octanol–water partition coefficient (Wildman–Crippen LogP) is 0.129. The Balaban J connectivity index is 2.84. The molecule has 0 aromatic carbocycles. The van der Waals surface area contributed by atoms with Gasteiger partial charge in [-0.3, -0.25) is 9.50 Å². The van der Waals surface area contributed by atoms with Gasteiger partial charge < -0.3 is 4.55 Å². The minimum Gasteiger partial charge on any atom is -0.750 e. The van der Waals surface area contributed by atoms with Crippen molar-refractivity contribution in [2.45, 2.75) is 6.42 Å². The van der Waals surface area contributed by atoms with Crippen LogP contribution in [0.5, 0.6) is 0 Å². The van der Waals surface area contributed by atoms with E-state index in [0.717, 1.165) is 18.3 Å². The molecule has 62 valence electrons. The van der Waals surface area contributed by atoms with Crippen LogP contribution in [-0.4, -0.2) is 27.4 Å². The fourth-order valence-electron chi connectivity index (χ4n) is 0.354. The Kier molecular flexibility index (Phi) is 8.00. The highest BCUT2D eigenvalue weighted by atomic mass is 79.9. The van der Waals surface area contributed by atoms with Crippen LogP contribution in [0.3, 0.4) is 0 Å². The van der Waals surface area contributed by atoms with Crippen molar-refractivity contribution in [2.75, 3.05) is 18.6 Å². The van der Waals surface area contributed by atoms with E-state index in [1.807, 2.05) is 0 Å². The lowest BCUT2D eigenvalue weighted by Crippen LogP contribution is -2.19. The van der Waals surface area contributed by atoms with E-state index in [1.165, 1.54) is 0 Å². The third-order valence-corrected chi connectivity index (χ3v) is 1.62. The van der Waals surface area contributed by atoms with Crippen LogP contribution in [0, 0.1) is 0 Å². The van der Waals surface area contributed by atoms with Crippen LogP contribution in [0.15, 0.2) is 0 Å². The van der Waals surface area contributed by atoms with Gasteiger partial charge in [0, 0.05) is 5.33 Å². The predicted molar refractivity (Wildman–Crippen MR) is 41.3 cm³/mol. The normalized spacial score (nSPS) is 13.4. The highest BCUT2D eigenvalue weighted by Crippen LogP contribution is 1.84. The maximum Gasteiger partial charge on any atom is 0.113 e. The molecular weight excluding hydrogens is 222 g/mol. The Hall–Kier alpha value is 0.510. The molecule has 0 saturated heterocycles. The Morgan fingerprint density at radius 1 is 1.70 bits per heavy atom. The third-order valence-electron chi connectivity index (χ3n) is 0.744. The topological polar surface area (TPSA) is 61.4 Å². The Bertz CT molecular complexity index is 103. The lowest BCUT2D eigenvalue weighted by atomic mass is 10.5. The van der Waals surface area contributed by atoms with Gasteiger partial charge in [-0.2, -0.15) is 0 Å². The summed E-state index contributed by atoms with van der Waals surface area (Å²) in [6.45, 7) is 0.811. The van der Waals surface area contributed by atoms with Gasteiger partial charge >= 0.3 is 0 Å². The monoisotopic (exact) mass is 230 g/mol. The standard InChI is InChI=1S/C4H10BrNO3S/c5-2-1-3-6-4-9-10(7)8/h6H,1-4H2,(H,7,8)/p-1. The average molecular weight is 231 g/mol. The second-order valence-corrected chi connectivity index (χ2v) is 2.95. The molecule has 0 aromatic heterocycles. The highest BCUT2D eigenvalue weighted by molar-refractivity contribution is 9.09. The SMILES string of the molecule is O=S([O-])OCNCCCBr. The minimum absolute atomic E-state index is 0.0586. The summed E-state index contributed by atoms with van der Waals surface area (Å²) < 4.78 is 23.7. The molecule has 0 heterocycles. The summed E-state index contributed by atoms with van der Waals surface area (Å²) in [6, 6.07) is 0. The molecule has 1 atom stereocenters. The molecule has 0 aromatic rings. The Labute approximate surface area is 71.0 Å². The van der Waals surface area contributed by atoms with Crippen LogP contribution in [0.25, 0.3) is 0 Å². The van der Waals surface area contributed by atoms with E-state index in [9.17, 15) is 8.76 Å². The molecule has 0 radical (unpaired) electrons. The van der Waals surface area contributed by atoms with Gasteiger partial charge in [-0.15, -0.1) is 0 Å². The zero-order valence-electron chi connectivity index (χ0n) is 5.34. The maximum atomic E-state index is 9.76. The van der Waals surface area contributed by atoms with E-state index < -0.39 is 11.4 Å². The van der Waals surface area contributed by atoms with Crippen molar-refractivity contribution < 1.29 is 12.9 Å². The van der Waals surface area contributed by atoms with Crippen LogP contribution < -0.4 is 5.32 Å². The average Bonchev–Trinajstić information content (AvgIpc) is 1.87. The van der Waals surface area contributed by atoms with Crippen molar-refractivity contribution in [1.29, 1.82) is 0 Å². The number of rotatable bonds is 6. The van der Waals surface area contributed by atoms with Crippen LogP contribution in [0.2, 0.25) is 0 Å². The maximum absolute atomic E-state index is 9.76. The molecule has 0 rings (SSSR count). The number of nitrogens with one attached hydrogen (secondary N) is 1. The number of hydrogen-bond acceptors (Lipinski definition) is 4. The molecule has 0 spiro atoms. The van der Waals surface area contributed by atoms with Gasteiger partial charge in [0.25, 0.3) is 0 Å². The fourth-order valence-corrected chi connectivity index (χ4v) is 0.814. The lowest BCUT2D eigenvalue weighted by molar-refractivity contribution is 0.274. The van der Waals surface area contributed by atoms with Crippen LogP contribution in [-0.2, 0) is 15.5 Å².